The van der Waals surface area contributed by atoms with Crippen LogP contribution in [0, 0.1) is 0 Å². The largest absolute Gasteiger partial charge is 0.504 e. The summed E-state index contributed by atoms with van der Waals surface area (Å²) in [6, 6.07) is 15.0. The molecule has 0 unspecified atom stereocenters. The average molecular weight is 256 g/mol. The summed E-state index contributed by atoms with van der Waals surface area (Å²) in [5.41, 5.74) is 2.02. The second kappa shape index (κ2) is 6.05. The number of phenolic OH excluding ortho intramolecular Hbond substituents is 1. The molecule has 0 amide bonds. The molecule has 0 saturated carbocycles. The molecule has 0 fully saturated rings. The fourth-order valence-electron chi connectivity index (χ4n) is 2.16. The molecule has 0 aliphatic rings. The third-order valence-corrected chi connectivity index (χ3v) is 3.14. The molecule has 0 saturated heterocycles. The Labute approximate surface area is 112 Å². The second-order valence-electron chi connectivity index (χ2n) is 4.30. The Balaban J connectivity index is 2.42. The zero-order chi connectivity index (χ0) is 13.7. The van der Waals surface area contributed by atoms with E-state index in [4.69, 9.17) is 4.74 Å². The van der Waals surface area contributed by atoms with Crippen molar-refractivity contribution in [1.82, 2.24) is 0 Å². The monoisotopic (exact) mass is 256 g/mol. The molecule has 3 heteroatoms. The second-order valence-corrected chi connectivity index (χ2v) is 4.30. The van der Waals surface area contributed by atoms with E-state index in [0.29, 0.717) is 12.2 Å². The average Bonchev–Trinajstić information content (AvgIpc) is 2.46. The molecule has 0 aromatic heterocycles. The molecule has 2 rings (SSSR count). The van der Waals surface area contributed by atoms with Gasteiger partial charge in [-0.2, -0.15) is 0 Å². The molecule has 1 N–H and O–H groups in total. The summed E-state index contributed by atoms with van der Waals surface area (Å²) < 4.78 is 5.11. The molecule has 3 nitrogen and oxygen atoms in total. The Bertz CT molecular complexity index is 549. The lowest BCUT2D eigenvalue weighted by Gasteiger charge is -2.16. The Hall–Kier alpha value is -2.29. The minimum absolute atomic E-state index is 0.0202. The first-order chi connectivity index (χ1) is 9.26. The van der Waals surface area contributed by atoms with Crippen LogP contribution < -0.4 is 4.74 Å². The zero-order valence-electron chi connectivity index (χ0n) is 10.7. The number of rotatable bonds is 5. The van der Waals surface area contributed by atoms with E-state index >= 15 is 0 Å². The molecular weight excluding hydrogens is 240 g/mol. The molecule has 2 aromatic carbocycles. The van der Waals surface area contributed by atoms with E-state index in [1.807, 2.05) is 36.4 Å². The molecule has 2 aromatic rings. The predicted molar refractivity (Wildman–Crippen MR) is 73.6 cm³/mol. The van der Waals surface area contributed by atoms with E-state index in [0.717, 1.165) is 17.4 Å². The van der Waals surface area contributed by atoms with Crippen LogP contribution in [-0.2, 0) is 4.79 Å². The fraction of sp³-hybridized carbons (Fsp3) is 0.188. The van der Waals surface area contributed by atoms with Crippen molar-refractivity contribution in [2.45, 2.75) is 12.3 Å². The Kier molecular flexibility index (Phi) is 4.18. The summed E-state index contributed by atoms with van der Waals surface area (Å²) >= 11 is 0. The van der Waals surface area contributed by atoms with Crippen molar-refractivity contribution in [3.05, 3.63) is 59.7 Å². The molecule has 98 valence electrons. The van der Waals surface area contributed by atoms with Gasteiger partial charge in [0.1, 0.15) is 6.29 Å². The number of carbonyl (C=O) groups excluding carboxylic acids is 1. The van der Waals surface area contributed by atoms with Crippen molar-refractivity contribution in [2.75, 3.05) is 7.11 Å². The van der Waals surface area contributed by atoms with Gasteiger partial charge in [-0.1, -0.05) is 36.4 Å². The number of carbonyl (C=O) groups is 1. The summed E-state index contributed by atoms with van der Waals surface area (Å²) in [6.07, 6.45) is 1.31. The van der Waals surface area contributed by atoms with Gasteiger partial charge in [0.05, 0.1) is 7.11 Å². The topological polar surface area (TPSA) is 46.5 Å². The molecule has 0 heterocycles. The van der Waals surface area contributed by atoms with E-state index in [2.05, 4.69) is 0 Å². The SMILES string of the molecule is COc1cc([C@@H](CC=O)c2ccccc2)ccc1O. The van der Waals surface area contributed by atoms with Crippen molar-refractivity contribution in [1.29, 1.82) is 0 Å². The van der Waals surface area contributed by atoms with Crippen molar-refractivity contribution in [2.24, 2.45) is 0 Å². The van der Waals surface area contributed by atoms with Crippen LogP contribution in [0.1, 0.15) is 23.5 Å². The first-order valence-electron chi connectivity index (χ1n) is 6.11. The molecule has 1 atom stereocenters. The normalized spacial score (nSPS) is 11.8. The van der Waals surface area contributed by atoms with Gasteiger partial charge in [-0.3, -0.25) is 0 Å². The maximum absolute atomic E-state index is 10.9. The number of hydrogen-bond acceptors (Lipinski definition) is 3. The molecular formula is C16H16O3. The van der Waals surface area contributed by atoms with Gasteiger partial charge in [0.25, 0.3) is 0 Å². The maximum Gasteiger partial charge on any atom is 0.160 e. The van der Waals surface area contributed by atoms with Crippen molar-refractivity contribution in [3.63, 3.8) is 0 Å². The van der Waals surface area contributed by atoms with Crippen LogP contribution in [0.25, 0.3) is 0 Å². The fourth-order valence-corrected chi connectivity index (χ4v) is 2.16. The van der Waals surface area contributed by atoms with Crippen LogP contribution in [0.4, 0.5) is 0 Å². The Morgan fingerprint density at radius 2 is 1.89 bits per heavy atom. The van der Waals surface area contributed by atoms with Crippen LogP contribution in [0.15, 0.2) is 48.5 Å². The van der Waals surface area contributed by atoms with E-state index in [1.54, 1.807) is 12.1 Å². The van der Waals surface area contributed by atoms with E-state index in [1.165, 1.54) is 7.11 Å². The number of methoxy groups -OCH3 is 1. The lowest BCUT2D eigenvalue weighted by molar-refractivity contribution is -0.108. The highest BCUT2D eigenvalue weighted by molar-refractivity contribution is 5.55. The van der Waals surface area contributed by atoms with Crippen LogP contribution in [0.3, 0.4) is 0 Å². The van der Waals surface area contributed by atoms with E-state index < -0.39 is 0 Å². The Morgan fingerprint density at radius 3 is 2.53 bits per heavy atom. The van der Waals surface area contributed by atoms with Crippen LogP contribution in [0.5, 0.6) is 11.5 Å². The summed E-state index contributed by atoms with van der Waals surface area (Å²) in [4.78, 5) is 10.9. The summed E-state index contributed by atoms with van der Waals surface area (Å²) in [6.45, 7) is 0. The van der Waals surface area contributed by atoms with Gasteiger partial charge in [-0.25, -0.2) is 0 Å². The molecule has 19 heavy (non-hydrogen) atoms. The zero-order valence-corrected chi connectivity index (χ0v) is 10.7. The molecule has 0 spiro atoms. The number of phenols is 1. The Morgan fingerprint density at radius 1 is 1.16 bits per heavy atom. The highest BCUT2D eigenvalue weighted by Gasteiger charge is 2.15. The van der Waals surface area contributed by atoms with Crippen LogP contribution in [-0.4, -0.2) is 18.5 Å². The number of aldehydes is 1. The van der Waals surface area contributed by atoms with Gasteiger partial charge in [0.2, 0.25) is 0 Å². The van der Waals surface area contributed by atoms with Crippen LogP contribution >= 0.6 is 0 Å². The molecule has 0 bridgehead atoms. The number of ether oxygens (including phenoxy) is 1. The highest BCUT2D eigenvalue weighted by atomic mass is 16.5. The van der Waals surface area contributed by atoms with Gasteiger partial charge in [0.15, 0.2) is 11.5 Å². The molecule has 0 aliphatic heterocycles. The van der Waals surface area contributed by atoms with Gasteiger partial charge < -0.3 is 14.6 Å². The number of hydrogen-bond donors (Lipinski definition) is 1. The smallest absolute Gasteiger partial charge is 0.160 e. The number of aromatic hydroxyl groups is 1. The van der Waals surface area contributed by atoms with Crippen molar-refractivity contribution < 1.29 is 14.6 Å². The molecule has 0 radical (unpaired) electrons. The first kappa shape index (κ1) is 13.1. The lowest BCUT2D eigenvalue weighted by atomic mass is 9.89. The quantitative estimate of drug-likeness (QED) is 0.836. The van der Waals surface area contributed by atoms with Gasteiger partial charge >= 0.3 is 0 Å². The van der Waals surface area contributed by atoms with E-state index in [9.17, 15) is 9.90 Å². The van der Waals surface area contributed by atoms with Crippen molar-refractivity contribution >= 4 is 6.29 Å². The molecule has 0 aliphatic carbocycles. The van der Waals surface area contributed by atoms with Gasteiger partial charge in [-0.05, 0) is 23.3 Å². The third-order valence-electron chi connectivity index (χ3n) is 3.14. The standard InChI is InChI=1S/C16H16O3/c1-19-16-11-13(7-8-15(16)18)14(9-10-17)12-5-3-2-4-6-12/h2-8,10-11,14,18H,9H2,1H3/t14-/m0/s1. The summed E-state index contributed by atoms with van der Waals surface area (Å²) in [5, 5.41) is 9.62. The minimum atomic E-state index is -0.0202. The van der Waals surface area contributed by atoms with E-state index in [-0.39, 0.29) is 11.7 Å². The van der Waals surface area contributed by atoms with Crippen LogP contribution in [0.2, 0.25) is 0 Å². The summed E-state index contributed by atoms with van der Waals surface area (Å²) in [7, 11) is 1.51. The highest BCUT2D eigenvalue weighted by Crippen LogP contribution is 2.33. The summed E-state index contributed by atoms with van der Waals surface area (Å²) in [5.74, 6) is 0.502. The predicted octanol–water partition coefficient (Wildman–Crippen LogP) is 3.12. The van der Waals surface area contributed by atoms with Gasteiger partial charge in [0, 0.05) is 12.3 Å². The third kappa shape index (κ3) is 2.94. The lowest BCUT2D eigenvalue weighted by Crippen LogP contribution is -2.02. The van der Waals surface area contributed by atoms with Gasteiger partial charge in [-0.15, -0.1) is 0 Å². The maximum atomic E-state index is 10.9. The minimum Gasteiger partial charge on any atom is -0.504 e. The first-order valence-corrected chi connectivity index (χ1v) is 6.11. The number of benzene rings is 2. The van der Waals surface area contributed by atoms with Crippen molar-refractivity contribution in [3.8, 4) is 11.5 Å².